The van der Waals surface area contributed by atoms with Crippen molar-refractivity contribution in [2.45, 2.75) is 46.6 Å². The van der Waals surface area contributed by atoms with E-state index in [0.717, 1.165) is 39.8 Å². The number of carbonyl (C=O) groups excluding carboxylic acids is 1. The number of rotatable bonds is 3. The minimum Gasteiger partial charge on any atom is -0.271 e. The third kappa shape index (κ3) is 3.34. The average molecular weight is 450 g/mol. The summed E-state index contributed by atoms with van der Waals surface area (Å²) in [6, 6.07) is 0. The Kier molecular flexibility index (Phi) is 4.67. The van der Waals surface area contributed by atoms with Crippen LogP contribution in [0.1, 0.15) is 35.3 Å². The van der Waals surface area contributed by atoms with Gasteiger partial charge in [0.15, 0.2) is 0 Å². The zero-order chi connectivity index (χ0) is 19.3. The molecule has 27 heavy (non-hydrogen) atoms. The van der Waals surface area contributed by atoms with Crippen molar-refractivity contribution < 1.29 is 4.79 Å². The molecule has 3 aromatic rings. The maximum absolute atomic E-state index is 13.1. The SMILES string of the molecule is Cc1nn(CC(=O)Nn2c(C)nc3sc4c(c3c2=O)CC[C@@H](C)C4)cc1Br. The lowest BCUT2D eigenvalue weighted by atomic mass is 9.89. The number of nitrogens with one attached hydrogen (secondary N) is 1. The summed E-state index contributed by atoms with van der Waals surface area (Å²) in [5.74, 6) is 0.782. The summed E-state index contributed by atoms with van der Waals surface area (Å²) in [6.07, 6.45) is 4.70. The Morgan fingerprint density at radius 2 is 2.22 bits per heavy atom. The van der Waals surface area contributed by atoms with Gasteiger partial charge in [0.05, 0.1) is 15.6 Å². The summed E-state index contributed by atoms with van der Waals surface area (Å²) < 4.78 is 3.64. The van der Waals surface area contributed by atoms with Crippen LogP contribution in [0.15, 0.2) is 15.5 Å². The van der Waals surface area contributed by atoms with E-state index in [1.165, 1.54) is 14.2 Å². The number of halogens is 1. The van der Waals surface area contributed by atoms with Gasteiger partial charge in [-0.1, -0.05) is 6.92 Å². The van der Waals surface area contributed by atoms with Crippen molar-refractivity contribution in [3.63, 3.8) is 0 Å². The number of hydrogen-bond donors (Lipinski definition) is 1. The van der Waals surface area contributed by atoms with Gasteiger partial charge in [0.1, 0.15) is 17.2 Å². The highest BCUT2D eigenvalue weighted by molar-refractivity contribution is 9.10. The molecular weight excluding hydrogens is 430 g/mol. The van der Waals surface area contributed by atoms with Crippen molar-refractivity contribution in [1.29, 1.82) is 0 Å². The normalized spacial score (nSPS) is 16.5. The number of hydrogen-bond acceptors (Lipinski definition) is 5. The van der Waals surface area contributed by atoms with Crippen molar-refractivity contribution >= 4 is 43.4 Å². The fourth-order valence-electron chi connectivity index (χ4n) is 3.50. The zero-order valence-corrected chi connectivity index (χ0v) is 17.8. The Hall–Kier alpha value is -2.00. The summed E-state index contributed by atoms with van der Waals surface area (Å²) in [4.78, 5) is 32.1. The second-order valence-electron chi connectivity index (χ2n) is 7.13. The van der Waals surface area contributed by atoms with Crippen LogP contribution in [-0.2, 0) is 24.2 Å². The van der Waals surface area contributed by atoms with Gasteiger partial charge in [-0.25, -0.2) is 9.66 Å². The summed E-state index contributed by atoms with van der Waals surface area (Å²) >= 11 is 4.99. The van der Waals surface area contributed by atoms with Gasteiger partial charge in [-0.3, -0.25) is 19.7 Å². The Morgan fingerprint density at radius 3 is 2.93 bits per heavy atom. The molecule has 1 N–H and O–H groups in total. The highest BCUT2D eigenvalue weighted by Gasteiger charge is 2.24. The van der Waals surface area contributed by atoms with Crippen molar-refractivity contribution in [3.05, 3.63) is 43.0 Å². The van der Waals surface area contributed by atoms with Crippen LogP contribution >= 0.6 is 27.3 Å². The van der Waals surface area contributed by atoms with Gasteiger partial charge in [0.25, 0.3) is 11.5 Å². The predicted octanol–water partition coefficient (Wildman–Crippen LogP) is 2.93. The zero-order valence-electron chi connectivity index (χ0n) is 15.4. The Morgan fingerprint density at radius 1 is 1.44 bits per heavy atom. The third-order valence-electron chi connectivity index (χ3n) is 4.93. The first-order valence-electron chi connectivity index (χ1n) is 8.86. The minimum absolute atomic E-state index is 0.0234. The molecule has 0 aliphatic heterocycles. The molecule has 1 aliphatic rings. The lowest BCUT2D eigenvalue weighted by Gasteiger charge is -2.17. The first-order valence-corrected chi connectivity index (χ1v) is 10.5. The molecule has 3 aromatic heterocycles. The number of aryl methyl sites for hydroxylation is 3. The molecule has 7 nitrogen and oxygen atoms in total. The summed E-state index contributed by atoms with van der Waals surface area (Å²) in [6.45, 7) is 5.85. The van der Waals surface area contributed by atoms with E-state index in [-0.39, 0.29) is 18.0 Å². The number of nitrogens with zero attached hydrogens (tertiary/aromatic N) is 4. The molecule has 1 aliphatic carbocycles. The molecule has 4 rings (SSSR count). The van der Waals surface area contributed by atoms with Crippen molar-refractivity contribution in [1.82, 2.24) is 19.4 Å². The highest BCUT2D eigenvalue weighted by Crippen LogP contribution is 2.35. The smallest absolute Gasteiger partial charge is 0.271 e. The molecule has 1 amide bonds. The second kappa shape index (κ2) is 6.87. The number of carbonyl (C=O) groups is 1. The molecule has 0 aromatic carbocycles. The third-order valence-corrected chi connectivity index (χ3v) is 6.85. The molecule has 3 heterocycles. The Balaban J connectivity index is 1.67. The van der Waals surface area contributed by atoms with Crippen LogP contribution in [0.5, 0.6) is 0 Å². The van der Waals surface area contributed by atoms with E-state index < -0.39 is 0 Å². The highest BCUT2D eigenvalue weighted by atomic mass is 79.9. The fourth-order valence-corrected chi connectivity index (χ4v) is 5.24. The van der Waals surface area contributed by atoms with Crippen LogP contribution < -0.4 is 11.0 Å². The average Bonchev–Trinajstić information content (AvgIpc) is 3.10. The monoisotopic (exact) mass is 449 g/mol. The van der Waals surface area contributed by atoms with Crippen LogP contribution in [0.3, 0.4) is 0 Å². The van der Waals surface area contributed by atoms with Crippen LogP contribution in [0.2, 0.25) is 0 Å². The van der Waals surface area contributed by atoms with Gasteiger partial charge in [0, 0.05) is 11.1 Å². The molecule has 0 fully saturated rings. The first-order chi connectivity index (χ1) is 12.8. The van der Waals surface area contributed by atoms with Gasteiger partial charge in [-0.2, -0.15) is 5.10 Å². The standard InChI is InChI=1S/C18H20BrN5O2S/c1-9-4-5-12-14(6-9)27-17-16(12)18(26)24(11(3)20-17)22-15(25)8-23-7-13(19)10(2)21-23/h7,9H,4-6,8H2,1-3H3,(H,22,25)/t9-/m1/s1. The molecule has 0 radical (unpaired) electrons. The summed E-state index contributed by atoms with van der Waals surface area (Å²) in [7, 11) is 0. The Bertz CT molecular complexity index is 1090. The van der Waals surface area contributed by atoms with Crippen LogP contribution in [0.25, 0.3) is 10.2 Å². The maximum atomic E-state index is 13.1. The molecule has 0 saturated carbocycles. The second-order valence-corrected chi connectivity index (χ2v) is 9.06. The van der Waals surface area contributed by atoms with Gasteiger partial charge in [0.2, 0.25) is 0 Å². The van der Waals surface area contributed by atoms with Crippen molar-refractivity contribution in [2.24, 2.45) is 5.92 Å². The van der Waals surface area contributed by atoms with Crippen molar-refractivity contribution in [2.75, 3.05) is 5.43 Å². The lowest BCUT2D eigenvalue weighted by molar-refractivity contribution is -0.117. The minimum atomic E-state index is -0.325. The number of aromatic nitrogens is 4. The molecule has 1 atom stereocenters. The van der Waals surface area contributed by atoms with Crippen molar-refractivity contribution in [3.8, 4) is 0 Å². The van der Waals surface area contributed by atoms with E-state index in [9.17, 15) is 9.59 Å². The lowest BCUT2D eigenvalue weighted by Crippen LogP contribution is -2.37. The molecule has 142 valence electrons. The van der Waals surface area contributed by atoms with Gasteiger partial charge in [-0.15, -0.1) is 11.3 Å². The van der Waals surface area contributed by atoms with Crippen LogP contribution in [0.4, 0.5) is 0 Å². The molecule has 0 spiro atoms. The predicted molar refractivity (Wildman–Crippen MR) is 109 cm³/mol. The number of amides is 1. The van der Waals surface area contributed by atoms with E-state index in [1.54, 1.807) is 24.5 Å². The number of fused-ring (bicyclic) bond motifs is 3. The summed E-state index contributed by atoms with van der Waals surface area (Å²) in [5, 5.41) is 4.91. The number of thiophene rings is 1. The molecule has 0 bridgehead atoms. The van der Waals surface area contributed by atoms with E-state index in [1.807, 2.05) is 6.92 Å². The molecule has 0 saturated heterocycles. The van der Waals surface area contributed by atoms with E-state index in [0.29, 0.717) is 17.1 Å². The van der Waals surface area contributed by atoms with Crippen LogP contribution in [0, 0.1) is 19.8 Å². The van der Waals surface area contributed by atoms with Crippen LogP contribution in [-0.4, -0.2) is 25.3 Å². The fraction of sp³-hybridized carbons (Fsp3) is 0.444. The first kappa shape index (κ1) is 18.4. The van der Waals surface area contributed by atoms with E-state index in [2.05, 4.69) is 38.4 Å². The molecule has 0 unspecified atom stereocenters. The van der Waals surface area contributed by atoms with E-state index >= 15 is 0 Å². The quantitative estimate of drug-likeness (QED) is 0.666. The summed E-state index contributed by atoms with van der Waals surface area (Å²) in [5.41, 5.74) is 4.40. The van der Waals surface area contributed by atoms with Gasteiger partial charge < -0.3 is 0 Å². The Labute approximate surface area is 168 Å². The van der Waals surface area contributed by atoms with Gasteiger partial charge >= 0.3 is 0 Å². The molecular formula is C18H20BrN5O2S. The maximum Gasteiger partial charge on any atom is 0.281 e. The van der Waals surface area contributed by atoms with Gasteiger partial charge in [-0.05, 0) is 60.5 Å². The topological polar surface area (TPSA) is 81.8 Å². The molecule has 9 heteroatoms. The van der Waals surface area contributed by atoms with E-state index in [4.69, 9.17) is 0 Å². The largest absolute Gasteiger partial charge is 0.281 e.